The molecule has 0 aliphatic carbocycles. The van der Waals surface area contributed by atoms with Crippen LogP contribution in [0.3, 0.4) is 0 Å². The van der Waals surface area contributed by atoms with Gasteiger partial charge in [0.2, 0.25) is 0 Å². The number of hydrogen-bond donors (Lipinski definition) is 0. The molecule has 1 unspecified atom stereocenters. The quantitative estimate of drug-likeness (QED) is 0.0200. The van der Waals surface area contributed by atoms with Crippen molar-refractivity contribution in [2.24, 2.45) is 0 Å². The molecular formula is C56H92O6. The lowest BCUT2D eigenvalue weighted by molar-refractivity contribution is -0.166. The van der Waals surface area contributed by atoms with Gasteiger partial charge >= 0.3 is 17.9 Å². The van der Waals surface area contributed by atoms with E-state index in [1.165, 1.54) is 96.3 Å². The number of ether oxygens (including phenoxy) is 3. The van der Waals surface area contributed by atoms with Crippen molar-refractivity contribution in [1.82, 2.24) is 0 Å². The van der Waals surface area contributed by atoms with Crippen molar-refractivity contribution in [2.45, 2.75) is 226 Å². The van der Waals surface area contributed by atoms with Crippen LogP contribution in [0.15, 0.2) is 97.2 Å². The van der Waals surface area contributed by atoms with Crippen LogP contribution in [0, 0.1) is 0 Å². The molecule has 0 saturated carbocycles. The van der Waals surface area contributed by atoms with E-state index >= 15 is 0 Å². The molecule has 0 aromatic carbocycles. The zero-order valence-corrected chi connectivity index (χ0v) is 40.1. The van der Waals surface area contributed by atoms with Gasteiger partial charge < -0.3 is 14.2 Å². The molecule has 0 aromatic heterocycles. The summed E-state index contributed by atoms with van der Waals surface area (Å²) in [6, 6.07) is 0. The van der Waals surface area contributed by atoms with Gasteiger partial charge in [0.15, 0.2) is 6.10 Å². The van der Waals surface area contributed by atoms with Crippen molar-refractivity contribution in [3.05, 3.63) is 97.2 Å². The monoisotopic (exact) mass is 861 g/mol. The molecule has 0 aromatic rings. The third-order valence-electron chi connectivity index (χ3n) is 10.4. The smallest absolute Gasteiger partial charge is 0.306 e. The van der Waals surface area contributed by atoms with Crippen molar-refractivity contribution in [3.8, 4) is 0 Å². The third-order valence-corrected chi connectivity index (χ3v) is 10.4. The van der Waals surface area contributed by atoms with Crippen LogP contribution in [0.5, 0.6) is 0 Å². The van der Waals surface area contributed by atoms with Crippen molar-refractivity contribution in [3.63, 3.8) is 0 Å². The molecule has 0 rings (SSSR count). The van der Waals surface area contributed by atoms with Crippen LogP contribution in [0.1, 0.15) is 220 Å². The Hall–Kier alpha value is -3.67. The summed E-state index contributed by atoms with van der Waals surface area (Å²) in [5.74, 6) is -1.04. The highest BCUT2D eigenvalue weighted by molar-refractivity contribution is 5.71. The fourth-order valence-electron chi connectivity index (χ4n) is 6.63. The SMILES string of the molecule is CC/C=C/C=C/C=C/C=C/C=C/CCCCCC(=O)OC(COC(=O)CC/C=C/C/C=C/CCCCCCCC)COC(=O)CCCCCCC/C=C/CCCCCCCCC. The van der Waals surface area contributed by atoms with E-state index in [1.807, 2.05) is 54.7 Å². The third kappa shape index (κ3) is 47.4. The lowest BCUT2D eigenvalue weighted by Gasteiger charge is -2.18. The average Bonchev–Trinajstić information content (AvgIpc) is 3.27. The molecule has 0 bridgehead atoms. The van der Waals surface area contributed by atoms with Gasteiger partial charge in [-0.1, -0.05) is 214 Å². The Kier molecular flexibility index (Phi) is 47.0. The van der Waals surface area contributed by atoms with E-state index in [1.54, 1.807) is 0 Å². The number of allylic oxidation sites excluding steroid dienone is 16. The van der Waals surface area contributed by atoms with E-state index in [-0.39, 0.29) is 44.0 Å². The lowest BCUT2D eigenvalue weighted by atomic mass is 10.1. The molecule has 0 aliphatic heterocycles. The summed E-state index contributed by atoms with van der Waals surface area (Å²) >= 11 is 0. The normalized spacial score (nSPS) is 12.9. The van der Waals surface area contributed by atoms with Gasteiger partial charge in [-0.05, 0) is 83.5 Å². The van der Waals surface area contributed by atoms with Crippen molar-refractivity contribution < 1.29 is 28.6 Å². The van der Waals surface area contributed by atoms with Crippen LogP contribution < -0.4 is 0 Å². The minimum absolute atomic E-state index is 0.117. The van der Waals surface area contributed by atoms with Crippen LogP contribution in [0.2, 0.25) is 0 Å². The molecule has 6 nitrogen and oxygen atoms in total. The molecule has 352 valence electrons. The maximum atomic E-state index is 12.8. The Morgan fingerprint density at radius 3 is 1.24 bits per heavy atom. The van der Waals surface area contributed by atoms with E-state index in [9.17, 15) is 14.4 Å². The van der Waals surface area contributed by atoms with Gasteiger partial charge in [-0.15, -0.1) is 0 Å². The first kappa shape index (κ1) is 58.3. The van der Waals surface area contributed by atoms with Gasteiger partial charge in [0, 0.05) is 19.3 Å². The Labute approximate surface area is 381 Å². The summed E-state index contributed by atoms with van der Waals surface area (Å²) in [4.78, 5) is 37.9. The summed E-state index contributed by atoms with van der Waals surface area (Å²) in [6.45, 7) is 6.37. The lowest BCUT2D eigenvalue weighted by Crippen LogP contribution is -2.30. The molecule has 62 heavy (non-hydrogen) atoms. The molecule has 0 spiro atoms. The molecule has 0 radical (unpaired) electrons. The predicted molar refractivity (Wildman–Crippen MR) is 265 cm³/mol. The van der Waals surface area contributed by atoms with Gasteiger partial charge in [0.05, 0.1) is 0 Å². The summed E-state index contributed by atoms with van der Waals surface area (Å²) in [5.41, 5.74) is 0. The second-order valence-electron chi connectivity index (χ2n) is 16.5. The zero-order chi connectivity index (χ0) is 45.1. The molecule has 0 saturated heterocycles. The van der Waals surface area contributed by atoms with Crippen molar-refractivity contribution in [2.75, 3.05) is 13.2 Å². The maximum Gasteiger partial charge on any atom is 0.306 e. The fraction of sp³-hybridized carbons (Fsp3) is 0.661. The Morgan fingerprint density at radius 2 is 0.726 bits per heavy atom. The molecule has 0 N–H and O–H groups in total. The van der Waals surface area contributed by atoms with Gasteiger partial charge in [-0.25, -0.2) is 0 Å². The molecule has 6 heteroatoms. The number of unbranched alkanes of at least 4 members (excludes halogenated alkanes) is 21. The summed E-state index contributed by atoms with van der Waals surface area (Å²) < 4.78 is 16.7. The second-order valence-corrected chi connectivity index (χ2v) is 16.5. The summed E-state index contributed by atoms with van der Waals surface area (Å²) in [6.07, 6.45) is 65.4. The Bertz CT molecular complexity index is 1260. The Balaban J connectivity index is 4.54. The maximum absolute atomic E-state index is 12.8. The highest BCUT2D eigenvalue weighted by Crippen LogP contribution is 2.13. The van der Waals surface area contributed by atoms with Gasteiger partial charge in [-0.3, -0.25) is 14.4 Å². The first-order valence-electron chi connectivity index (χ1n) is 25.3. The second kappa shape index (κ2) is 50.0. The molecule has 0 amide bonds. The highest BCUT2D eigenvalue weighted by Gasteiger charge is 2.19. The van der Waals surface area contributed by atoms with Crippen molar-refractivity contribution >= 4 is 17.9 Å². The van der Waals surface area contributed by atoms with Crippen LogP contribution in [0.25, 0.3) is 0 Å². The van der Waals surface area contributed by atoms with Gasteiger partial charge in [0.1, 0.15) is 13.2 Å². The van der Waals surface area contributed by atoms with Gasteiger partial charge in [0.25, 0.3) is 0 Å². The topological polar surface area (TPSA) is 78.9 Å². The minimum atomic E-state index is -0.825. The largest absolute Gasteiger partial charge is 0.462 e. The number of esters is 3. The number of rotatable bonds is 44. The fourth-order valence-corrected chi connectivity index (χ4v) is 6.63. The van der Waals surface area contributed by atoms with E-state index in [2.05, 4.69) is 63.3 Å². The number of carbonyl (C=O) groups excluding carboxylic acids is 3. The van der Waals surface area contributed by atoms with Crippen LogP contribution in [-0.4, -0.2) is 37.2 Å². The number of hydrogen-bond acceptors (Lipinski definition) is 6. The first-order valence-corrected chi connectivity index (χ1v) is 25.3. The zero-order valence-electron chi connectivity index (χ0n) is 40.1. The van der Waals surface area contributed by atoms with E-state index < -0.39 is 6.10 Å². The molecule has 0 aliphatic rings. The highest BCUT2D eigenvalue weighted by atomic mass is 16.6. The van der Waals surface area contributed by atoms with Crippen LogP contribution >= 0.6 is 0 Å². The Morgan fingerprint density at radius 1 is 0.355 bits per heavy atom. The molecule has 0 heterocycles. The molecular weight excluding hydrogens is 769 g/mol. The van der Waals surface area contributed by atoms with Crippen molar-refractivity contribution in [1.29, 1.82) is 0 Å². The summed E-state index contributed by atoms with van der Waals surface area (Å²) in [5, 5.41) is 0. The number of carbonyl (C=O) groups is 3. The van der Waals surface area contributed by atoms with Crippen LogP contribution in [-0.2, 0) is 28.6 Å². The molecule has 0 fully saturated rings. The first-order chi connectivity index (χ1) is 30.5. The predicted octanol–water partition coefficient (Wildman–Crippen LogP) is 16.6. The van der Waals surface area contributed by atoms with Gasteiger partial charge in [-0.2, -0.15) is 0 Å². The summed E-state index contributed by atoms with van der Waals surface area (Å²) in [7, 11) is 0. The van der Waals surface area contributed by atoms with E-state index in [0.29, 0.717) is 19.3 Å². The minimum Gasteiger partial charge on any atom is -0.462 e. The van der Waals surface area contributed by atoms with E-state index in [0.717, 1.165) is 70.6 Å². The van der Waals surface area contributed by atoms with E-state index in [4.69, 9.17) is 14.2 Å². The van der Waals surface area contributed by atoms with Crippen LogP contribution in [0.4, 0.5) is 0 Å². The standard InChI is InChI=1S/C56H92O6/c1-4-7-10-13-16-19-22-25-27-29-31-34-37-40-43-46-49-55(58)61-52-53(51-60-54(57)48-45-42-39-36-33-30-24-21-18-15-12-9-6-3)62-56(59)50-47-44-41-38-35-32-28-26-23-20-17-14-11-8-5-2/h8,11,14,17,20,23,26-30,32-33,35,39,42,53H,4-7,9-10,12-13,15-16,18-19,21-22,24-25,31,34,36-38,40-41,43-52H2,1-3H3/b11-8+,17-14+,23-20+,28-26+,29-27+,33-30+,35-32+,42-39+. The molecule has 1 atom stereocenters. The average molecular weight is 861 g/mol.